The molecule has 4 nitrogen and oxygen atoms in total. The molecule has 20 heavy (non-hydrogen) atoms. The first-order valence-electron chi connectivity index (χ1n) is 6.53. The minimum absolute atomic E-state index is 0.0208. The first kappa shape index (κ1) is 14.5. The Labute approximate surface area is 123 Å². The summed E-state index contributed by atoms with van der Waals surface area (Å²) in [6.45, 7) is 6.15. The second-order valence-electron chi connectivity index (χ2n) is 4.74. The molecule has 0 aromatic carbocycles. The summed E-state index contributed by atoms with van der Waals surface area (Å²) in [6, 6.07) is 5.68. The minimum atomic E-state index is -0.155. The molecule has 0 bridgehead atoms. The van der Waals surface area contributed by atoms with Crippen molar-refractivity contribution in [2.24, 2.45) is 0 Å². The Morgan fingerprint density at radius 2 is 2.10 bits per heavy atom. The van der Waals surface area contributed by atoms with Gasteiger partial charge in [0.2, 0.25) is 0 Å². The minimum Gasteiger partial charge on any atom is -0.388 e. The average Bonchev–Trinajstić information content (AvgIpc) is 2.77. The lowest BCUT2D eigenvalue weighted by Crippen LogP contribution is -2.27. The van der Waals surface area contributed by atoms with Gasteiger partial charge in [0.25, 0.3) is 5.91 Å². The SMILES string of the molecule is CNc1ccnc(C(=O)NC(C)c2cc(C)sc2C)c1. The first-order valence-corrected chi connectivity index (χ1v) is 7.34. The molecule has 0 aliphatic carbocycles. The fourth-order valence-corrected chi connectivity index (χ4v) is 3.16. The van der Waals surface area contributed by atoms with Crippen molar-refractivity contribution in [3.8, 4) is 0 Å². The van der Waals surface area contributed by atoms with Gasteiger partial charge in [-0.1, -0.05) is 0 Å². The molecular weight excluding hydrogens is 270 g/mol. The maximum atomic E-state index is 12.2. The lowest BCUT2D eigenvalue weighted by atomic mass is 10.1. The topological polar surface area (TPSA) is 54.0 Å². The third kappa shape index (κ3) is 3.17. The standard InChI is InChI=1S/C15H19N3OS/c1-9-7-13(11(3)20-9)10(2)18-15(19)14-8-12(16-4)5-6-17-14/h5-8,10H,1-4H3,(H,16,17)(H,18,19). The van der Waals surface area contributed by atoms with Crippen molar-refractivity contribution in [2.45, 2.75) is 26.8 Å². The average molecular weight is 289 g/mol. The van der Waals surface area contributed by atoms with E-state index in [9.17, 15) is 4.79 Å². The molecule has 5 heteroatoms. The van der Waals surface area contributed by atoms with Crippen molar-refractivity contribution in [1.82, 2.24) is 10.3 Å². The number of thiophene rings is 1. The fourth-order valence-electron chi connectivity index (χ4n) is 2.14. The van der Waals surface area contributed by atoms with Crippen molar-refractivity contribution in [3.63, 3.8) is 0 Å². The zero-order chi connectivity index (χ0) is 14.7. The number of hydrogen-bond donors (Lipinski definition) is 2. The Morgan fingerprint density at radius 1 is 1.35 bits per heavy atom. The van der Waals surface area contributed by atoms with Crippen LogP contribution in [0, 0.1) is 13.8 Å². The third-order valence-electron chi connectivity index (χ3n) is 3.17. The van der Waals surface area contributed by atoms with Gasteiger partial charge in [-0.05, 0) is 44.5 Å². The van der Waals surface area contributed by atoms with Gasteiger partial charge in [-0.25, -0.2) is 0 Å². The summed E-state index contributed by atoms with van der Waals surface area (Å²) in [5.41, 5.74) is 2.47. The number of rotatable bonds is 4. The number of amides is 1. The van der Waals surface area contributed by atoms with E-state index in [-0.39, 0.29) is 11.9 Å². The van der Waals surface area contributed by atoms with Gasteiger partial charge < -0.3 is 10.6 Å². The van der Waals surface area contributed by atoms with E-state index in [4.69, 9.17) is 0 Å². The molecular formula is C15H19N3OS. The second-order valence-corrected chi connectivity index (χ2v) is 6.20. The quantitative estimate of drug-likeness (QED) is 0.908. The van der Waals surface area contributed by atoms with E-state index in [1.165, 1.54) is 15.3 Å². The number of hydrogen-bond acceptors (Lipinski definition) is 4. The van der Waals surface area contributed by atoms with Crippen molar-refractivity contribution in [2.75, 3.05) is 12.4 Å². The predicted molar refractivity (Wildman–Crippen MR) is 83.5 cm³/mol. The van der Waals surface area contributed by atoms with Gasteiger partial charge in [-0.3, -0.25) is 9.78 Å². The maximum Gasteiger partial charge on any atom is 0.270 e. The monoisotopic (exact) mass is 289 g/mol. The van der Waals surface area contributed by atoms with E-state index in [0.717, 1.165) is 5.69 Å². The summed E-state index contributed by atoms with van der Waals surface area (Å²) in [7, 11) is 1.82. The fraction of sp³-hybridized carbons (Fsp3) is 0.333. The smallest absolute Gasteiger partial charge is 0.270 e. The van der Waals surface area contributed by atoms with Crippen LogP contribution in [0.1, 0.15) is 38.8 Å². The molecule has 1 atom stereocenters. The highest BCUT2D eigenvalue weighted by Gasteiger charge is 2.15. The van der Waals surface area contributed by atoms with E-state index in [0.29, 0.717) is 5.69 Å². The summed E-state index contributed by atoms with van der Waals surface area (Å²) >= 11 is 1.75. The molecule has 0 saturated heterocycles. The van der Waals surface area contributed by atoms with Gasteiger partial charge >= 0.3 is 0 Å². The molecule has 1 amide bonds. The second kappa shape index (κ2) is 6.05. The van der Waals surface area contributed by atoms with Crippen LogP contribution in [0.25, 0.3) is 0 Å². The van der Waals surface area contributed by atoms with Crippen LogP contribution in [0.5, 0.6) is 0 Å². The molecule has 2 aromatic heterocycles. The van der Waals surface area contributed by atoms with Crippen molar-refractivity contribution in [3.05, 3.63) is 45.4 Å². The third-order valence-corrected chi connectivity index (χ3v) is 4.16. The first-order chi connectivity index (χ1) is 9.51. The number of carbonyl (C=O) groups is 1. The molecule has 0 spiro atoms. The zero-order valence-corrected chi connectivity index (χ0v) is 13.0. The van der Waals surface area contributed by atoms with E-state index >= 15 is 0 Å². The number of aryl methyl sites for hydroxylation is 2. The number of carbonyl (C=O) groups excluding carboxylic acids is 1. The van der Waals surface area contributed by atoms with Gasteiger partial charge in [-0.15, -0.1) is 11.3 Å². The molecule has 2 aromatic rings. The molecule has 0 fully saturated rings. The number of aromatic nitrogens is 1. The maximum absolute atomic E-state index is 12.2. The number of pyridine rings is 1. The summed E-state index contributed by atoms with van der Waals surface area (Å²) in [4.78, 5) is 18.8. The van der Waals surface area contributed by atoms with Gasteiger partial charge in [0.05, 0.1) is 6.04 Å². The highest BCUT2D eigenvalue weighted by molar-refractivity contribution is 7.12. The summed E-state index contributed by atoms with van der Waals surface area (Å²) in [5.74, 6) is -0.155. The molecule has 1 unspecified atom stereocenters. The number of nitrogens with zero attached hydrogens (tertiary/aromatic N) is 1. The van der Waals surface area contributed by atoms with Crippen LogP contribution in [0.4, 0.5) is 5.69 Å². The van der Waals surface area contributed by atoms with Gasteiger partial charge in [0.15, 0.2) is 0 Å². The van der Waals surface area contributed by atoms with E-state index < -0.39 is 0 Å². The Kier molecular flexibility index (Phi) is 4.39. The van der Waals surface area contributed by atoms with Crippen LogP contribution in [-0.4, -0.2) is 17.9 Å². The van der Waals surface area contributed by atoms with Gasteiger partial charge in [-0.2, -0.15) is 0 Å². The highest BCUT2D eigenvalue weighted by atomic mass is 32.1. The number of anilines is 1. The molecule has 0 radical (unpaired) electrons. The summed E-state index contributed by atoms with van der Waals surface area (Å²) < 4.78 is 0. The largest absolute Gasteiger partial charge is 0.388 e. The Hall–Kier alpha value is -1.88. The molecule has 0 aliphatic rings. The van der Waals surface area contributed by atoms with Crippen LogP contribution in [-0.2, 0) is 0 Å². The predicted octanol–water partition coefficient (Wildman–Crippen LogP) is 3.29. The van der Waals surface area contributed by atoms with Crippen LogP contribution in [0.15, 0.2) is 24.4 Å². The lowest BCUT2D eigenvalue weighted by molar-refractivity contribution is 0.0935. The van der Waals surface area contributed by atoms with E-state index in [1.54, 1.807) is 23.6 Å². The van der Waals surface area contributed by atoms with Gasteiger partial charge in [0.1, 0.15) is 5.69 Å². The van der Waals surface area contributed by atoms with E-state index in [1.807, 2.05) is 20.0 Å². The Bertz CT molecular complexity index is 621. The molecule has 0 aliphatic heterocycles. The van der Waals surface area contributed by atoms with Crippen molar-refractivity contribution in [1.29, 1.82) is 0 Å². The van der Waals surface area contributed by atoms with Crippen LogP contribution in [0.3, 0.4) is 0 Å². The van der Waals surface area contributed by atoms with Crippen LogP contribution in [0.2, 0.25) is 0 Å². The molecule has 2 N–H and O–H groups in total. The molecule has 106 valence electrons. The number of nitrogens with one attached hydrogen (secondary N) is 2. The Morgan fingerprint density at radius 3 is 2.70 bits per heavy atom. The van der Waals surface area contributed by atoms with Gasteiger partial charge in [0, 0.05) is 28.7 Å². The van der Waals surface area contributed by atoms with Crippen LogP contribution < -0.4 is 10.6 Å². The van der Waals surface area contributed by atoms with Crippen LogP contribution >= 0.6 is 11.3 Å². The van der Waals surface area contributed by atoms with Crippen molar-refractivity contribution < 1.29 is 4.79 Å². The summed E-state index contributed by atoms with van der Waals surface area (Å²) in [5, 5.41) is 6.00. The zero-order valence-electron chi connectivity index (χ0n) is 12.2. The molecule has 0 saturated carbocycles. The lowest BCUT2D eigenvalue weighted by Gasteiger charge is -2.14. The van der Waals surface area contributed by atoms with Crippen molar-refractivity contribution >= 4 is 22.9 Å². The summed E-state index contributed by atoms with van der Waals surface area (Å²) in [6.07, 6.45) is 1.63. The molecule has 2 rings (SSSR count). The molecule has 2 heterocycles. The Balaban J connectivity index is 2.12. The van der Waals surface area contributed by atoms with E-state index in [2.05, 4.69) is 35.5 Å². The highest BCUT2D eigenvalue weighted by Crippen LogP contribution is 2.26. The normalized spacial score (nSPS) is 12.0.